The summed E-state index contributed by atoms with van der Waals surface area (Å²) in [7, 11) is 0. The normalized spacial score (nSPS) is 10.3. The monoisotopic (exact) mass is 264 g/mol. The van der Waals surface area contributed by atoms with Crippen LogP contribution in [0.5, 0.6) is 0 Å². The Morgan fingerprint density at radius 3 is 2.67 bits per heavy atom. The molecule has 0 unspecified atom stereocenters. The second kappa shape index (κ2) is 4.54. The molecule has 12 heavy (non-hydrogen) atoms. The first-order valence-corrected chi connectivity index (χ1v) is 6.10. The van der Waals surface area contributed by atoms with Crippen LogP contribution in [0.3, 0.4) is 0 Å². The standard InChI is InChI=1S/C9H10BrClS/c1-3-6-4-7(10)9(11)8(5-6)12-2/h4-5H,3H2,1-2H3. The summed E-state index contributed by atoms with van der Waals surface area (Å²) in [5.41, 5.74) is 1.32. The van der Waals surface area contributed by atoms with E-state index in [1.165, 1.54) is 5.56 Å². The van der Waals surface area contributed by atoms with Gasteiger partial charge in [0.05, 0.1) is 5.02 Å². The van der Waals surface area contributed by atoms with Crippen LogP contribution >= 0.6 is 39.3 Å². The fourth-order valence-electron chi connectivity index (χ4n) is 0.970. The lowest BCUT2D eigenvalue weighted by Crippen LogP contribution is -1.83. The van der Waals surface area contributed by atoms with Gasteiger partial charge >= 0.3 is 0 Å². The van der Waals surface area contributed by atoms with E-state index >= 15 is 0 Å². The van der Waals surface area contributed by atoms with Crippen molar-refractivity contribution >= 4 is 39.3 Å². The second-order valence-corrected chi connectivity index (χ2v) is 4.53. The minimum Gasteiger partial charge on any atom is -0.128 e. The molecule has 0 spiro atoms. The van der Waals surface area contributed by atoms with Crippen LogP contribution in [0, 0.1) is 0 Å². The molecule has 0 saturated heterocycles. The summed E-state index contributed by atoms with van der Waals surface area (Å²) < 4.78 is 0.993. The summed E-state index contributed by atoms with van der Waals surface area (Å²) in [4.78, 5) is 1.14. The van der Waals surface area contributed by atoms with Gasteiger partial charge in [-0.25, -0.2) is 0 Å². The predicted octanol–water partition coefficient (Wildman–Crippen LogP) is 4.39. The minimum absolute atomic E-state index is 0.819. The van der Waals surface area contributed by atoms with Crippen molar-refractivity contribution in [3.05, 3.63) is 27.2 Å². The number of halogens is 2. The molecule has 0 aliphatic carbocycles. The Labute approximate surface area is 90.8 Å². The van der Waals surface area contributed by atoms with Crippen molar-refractivity contribution in [1.29, 1.82) is 0 Å². The molecule has 0 atom stereocenters. The zero-order valence-corrected chi connectivity index (χ0v) is 10.2. The van der Waals surface area contributed by atoms with Gasteiger partial charge in [-0.2, -0.15) is 0 Å². The summed E-state index contributed by atoms with van der Waals surface area (Å²) in [6, 6.07) is 4.21. The quantitative estimate of drug-likeness (QED) is 0.715. The van der Waals surface area contributed by atoms with E-state index in [9.17, 15) is 0 Å². The molecule has 0 aromatic heterocycles. The van der Waals surface area contributed by atoms with Crippen molar-refractivity contribution in [2.45, 2.75) is 18.2 Å². The third-order valence-electron chi connectivity index (χ3n) is 1.68. The van der Waals surface area contributed by atoms with Gasteiger partial charge in [-0.15, -0.1) is 11.8 Å². The molecule has 0 aliphatic heterocycles. The van der Waals surface area contributed by atoms with E-state index in [1.54, 1.807) is 11.8 Å². The van der Waals surface area contributed by atoms with Gasteiger partial charge in [-0.05, 0) is 46.3 Å². The highest BCUT2D eigenvalue weighted by atomic mass is 79.9. The highest BCUT2D eigenvalue weighted by Gasteiger charge is 2.04. The fourth-order valence-corrected chi connectivity index (χ4v) is 2.51. The van der Waals surface area contributed by atoms with E-state index in [-0.39, 0.29) is 0 Å². The van der Waals surface area contributed by atoms with E-state index in [2.05, 4.69) is 35.0 Å². The molecule has 0 N–H and O–H groups in total. The van der Waals surface area contributed by atoms with Crippen molar-refractivity contribution in [3.63, 3.8) is 0 Å². The van der Waals surface area contributed by atoms with E-state index < -0.39 is 0 Å². The summed E-state index contributed by atoms with van der Waals surface area (Å²) >= 11 is 11.2. The van der Waals surface area contributed by atoms with E-state index in [1.807, 2.05) is 6.26 Å². The molecule has 0 radical (unpaired) electrons. The molecular weight excluding hydrogens is 256 g/mol. The number of hydrogen-bond donors (Lipinski definition) is 0. The highest BCUT2D eigenvalue weighted by molar-refractivity contribution is 9.10. The SMILES string of the molecule is CCc1cc(Br)c(Cl)c(SC)c1. The predicted molar refractivity (Wildman–Crippen MR) is 60.3 cm³/mol. The van der Waals surface area contributed by atoms with Crippen molar-refractivity contribution in [1.82, 2.24) is 0 Å². The van der Waals surface area contributed by atoms with Crippen LogP contribution in [0.25, 0.3) is 0 Å². The zero-order valence-electron chi connectivity index (χ0n) is 7.03. The number of aryl methyl sites for hydroxylation is 1. The Hall–Kier alpha value is 0.340. The number of rotatable bonds is 2. The van der Waals surface area contributed by atoms with E-state index in [0.29, 0.717) is 0 Å². The summed E-state index contributed by atoms with van der Waals surface area (Å²) in [6.07, 6.45) is 3.08. The second-order valence-electron chi connectivity index (χ2n) is 2.45. The minimum atomic E-state index is 0.819. The maximum Gasteiger partial charge on any atom is 0.0683 e. The zero-order chi connectivity index (χ0) is 9.14. The van der Waals surface area contributed by atoms with Crippen molar-refractivity contribution < 1.29 is 0 Å². The van der Waals surface area contributed by atoms with Crippen LogP contribution in [-0.4, -0.2) is 6.26 Å². The van der Waals surface area contributed by atoms with E-state index in [4.69, 9.17) is 11.6 Å². The first kappa shape index (κ1) is 10.4. The summed E-state index contributed by atoms with van der Waals surface area (Å²) in [6.45, 7) is 2.14. The van der Waals surface area contributed by atoms with Gasteiger partial charge in [0, 0.05) is 9.37 Å². The van der Waals surface area contributed by atoms with Crippen LogP contribution in [0.2, 0.25) is 5.02 Å². The molecule has 0 saturated carbocycles. The molecule has 1 aromatic rings. The average molecular weight is 266 g/mol. The molecule has 1 aromatic carbocycles. The fraction of sp³-hybridized carbons (Fsp3) is 0.333. The van der Waals surface area contributed by atoms with Crippen LogP contribution in [0.4, 0.5) is 0 Å². The molecule has 0 fully saturated rings. The maximum absolute atomic E-state index is 6.05. The first-order chi connectivity index (χ1) is 5.69. The summed E-state index contributed by atoms with van der Waals surface area (Å²) in [5, 5.41) is 0.819. The Bertz CT molecular complexity index is 286. The van der Waals surface area contributed by atoms with Crippen molar-refractivity contribution in [2.75, 3.05) is 6.26 Å². The van der Waals surface area contributed by atoms with Crippen LogP contribution < -0.4 is 0 Å². The molecule has 3 heteroatoms. The third-order valence-corrected chi connectivity index (χ3v) is 3.82. The Kier molecular flexibility index (Phi) is 3.94. The lowest BCUT2D eigenvalue weighted by Gasteiger charge is -2.05. The number of thioether (sulfide) groups is 1. The van der Waals surface area contributed by atoms with Crippen LogP contribution in [0.1, 0.15) is 12.5 Å². The molecule has 0 aliphatic rings. The topological polar surface area (TPSA) is 0 Å². The Morgan fingerprint density at radius 1 is 1.50 bits per heavy atom. The third kappa shape index (κ3) is 2.18. The molecule has 0 heterocycles. The molecular formula is C9H10BrClS. The first-order valence-electron chi connectivity index (χ1n) is 3.71. The molecule has 66 valence electrons. The van der Waals surface area contributed by atoms with Gasteiger partial charge in [0.15, 0.2) is 0 Å². The van der Waals surface area contributed by atoms with Crippen molar-refractivity contribution in [3.8, 4) is 0 Å². The van der Waals surface area contributed by atoms with Crippen molar-refractivity contribution in [2.24, 2.45) is 0 Å². The average Bonchev–Trinajstić information content (AvgIpc) is 2.09. The lowest BCUT2D eigenvalue weighted by atomic mass is 10.2. The van der Waals surface area contributed by atoms with E-state index in [0.717, 1.165) is 20.8 Å². The largest absolute Gasteiger partial charge is 0.128 e. The van der Waals surface area contributed by atoms with Crippen LogP contribution in [0.15, 0.2) is 21.5 Å². The Balaban J connectivity index is 3.19. The number of hydrogen-bond acceptors (Lipinski definition) is 1. The van der Waals surface area contributed by atoms with Gasteiger partial charge in [0.1, 0.15) is 0 Å². The van der Waals surface area contributed by atoms with Gasteiger partial charge in [-0.1, -0.05) is 18.5 Å². The Morgan fingerprint density at radius 2 is 2.17 bits per heavy atom. The molecule has 0 amide bonds. The summed E-state index contributed by atoms with van der Waals surface area (Å²) in [5.74, 6) is 0. The lowest BCUT2D eigenvalue weighted by molar-refractivity contribution is 1.12. The van der Waals surface area contributed by atoms with Crippen LogP contribution in [-0.2, 0) is 6.42 Å². The highest BCUT2D eigenvalue weighted by Crippen LogP contribution is 2.33. The maximum atomic E-state index is 6.05. The smallest absolute Gasteiger partial charge is 0.0683 e. The van der Waals surface area contributed by atoms with Gasteiger partial charge in [0.2, 0.25) is 0 Å². The van der Waals surface area contributed by atoms with Gasteiger partial charge in [-0.3, -0.25) is 0 Å². The number of benzene rings is 1. The molecule has 1 rings (SSSR count). The molecule has 0 nitrogen and oxygen atoms in total. The van der Waals surface area contributed by atoms with Gasteiger partial charge < -0.3 is 0 Å². The van der Waals surface area contributed by atoms with Gasteiger partial charge in [0.25, 0.3) is 0 Å². The molecule has 0 bridgehead atoms.